The zero-order valence-electron chi connectivity index (χ0n) is 14.7. The number of anilines is 3. The minimum absolute atomic E-state index is 0.0160. The van der Waals surface area contributed by atoms with E-state index in [1.807, 2.05) is 18.1 Å². The molecule has 138 valence electrons. The first kappa shape index (κ1) is 18.2. The fourth-order valence-electron chi connectivity index (χ4n) is 2.97. The molecule has 3 heterocycles. The van der Waals surface area contributed by atoms with Gasteiger partial charge < -0.3 is 15.5 Å². The third-order valence-electron chi connectivity index (χ3n) is 4.27. The van der Waals surface area contributed by atoms with Gasteiger partial charge in [0, 0.05) is 32.9 Å². The Labute approximate surface area is 157 Å². The van der Waals surface area contributed by atoms with Crippen LogP contribution in [0.25, 0.3) is 0 Å². The molecule has 8 nitrogen and oxygen atoms in total. The first-order chi connectivity index (χ1) is 12.5. The van der Waals surface area contributed by atoms with Crippen LogP contribution >= 0.6 is 11.6 Å². The van der Waals surface area contributed by atoms with E-state index < -0.39 is 0 Å². The molecular formula is C17H22ClN7O. The number of hydrogen-bond donors (Lipinski definition) is 2. The van der Waals surface area contributed by atoms with Gasteiger partial charge in [-0.25, -0.2) is 4.98 Å². The van der Waals surface area contributed by atoms with Crippen LogP contribution in [0.15, 0.2) is 31.2 Å². The molecule has 2 N–H and O–H groups in total. The summed E-state index contributed by atoms with van der Waals surface area (Å²) in [5.74, 6) is 1.34. The van der Waals surface area contributed by atoms with Crippen LogP contribution in [-0.2, 0) is 11.8 Å². The predicted molar refractivity (Wildman–Crippen MR) is 102 cm³/mol. The van der Waals surface area contributed by atoms with Crippen molar-refractivity contribution in [2.45, 2.75) is 12.8 Å². The molecule has 0 saturated carbocycles. The van der Waals surface area contributed by atoms with Gasteiger partial charge in [-0.3, -0.25) is 9.48 Å². The highest BCUT2D eigenvalue weighted by Crippen LogP contribution is 2.23. The second-order valence-electron chi connectivity index (χ2n) is 6.30. The van der Waals surface area contributed by atoms with Gasteiger partial charge in [0.1, 0.15) is 5.02 Å². The summed E-state index contributed by atoms with van der Waals surface area (Å²) in [6, 6.07) is 0. The van der Waals surface area contributed by atoms with E-state index in [-0.39, 0.29) is 5.91 Å². The zero-order valence-corrected chi connectivity index (χ0v) is 15.4. The van der Waals surface area contributed by atoms with Crippen LogP contribution < -0.4 is 10.6 Å². The number of nitrogens with zero attached hydrogens (tertiary/aromatic N) is 5. The van der Waals surface area contributed by atoms with Gasteiger partial charge in [-0.05, 0) is 24.8 Å². The number of halogens is 1. The summed E-state index contributed by atoms with van der Waals surface area (Å²) in [5, 5.41) is 10.9. The van der Waals surface area contributed by atoms with Gasteiger partial charge in [-0.1, -0.05) is 18.2 Å². The Morgan fingerprint density at radius 3 is 3.08 bits per heavy atom. The number of nitrogens with one attached hydrogen (secondary N) is 2. The molecular weight excluding hydrogens is 354 g/mol. The average molecular weight is 376 g/mol. The summed E-state index contributed by atoms with van der Waals surface area (Å²) < 4.78 is 1.69. The Bertz CT molecular complexity index is 791. The Kier molecular flexibility index (Phi) is 5.72. The maximum atomic E-state index is 11.8. The molecule has 1 saturated heterocycles. The highest BCUT2D eigenvalue weighted by atomic mass is 35.5. The minimum Gasteiger partial charge on any atom is -0.368 e. The number of likely N-dealkylation sites (tertiary alicyclic amines) is 1. The Balaban J connectivity index is 1.61. The minimum atomic E-state index is -0.0160. The van der Waals surface area contributed by atoms with Gasteiger partial charge in [-0.15, -0.1) is 0 Å². The molecule has 1 aliphatic heterocycles. The van der Waals surface area contributed by atoms with E-state index in [2.05, 4.69) is 32.3 Å². The Morgan fingerprint density at radius 1 is 1.50 bits per heavy atom. The second-order valence-corrected chi connectivity index (χ2v) is 6.70. The monoisotopic (exact) mass is 375 g/mol. The summed E-state index contributed by atoms with van der Waals surface area (Å²) in [6.07, 6.45) is 8.49. The third-order valence-corrected chi connectivity index (χ3v) is 4.55. The number of aryl methyl sites for hydroxylation is 1. The van der Waals surface area contributed by atoms with Gasteiger partial charge in [0.25, 0.3) is 0 Å². The van der Waals surface area contributed by atoms with Crippen molar-refractivity contribution in [3.63, 3.8) is 0 Å². The lowest BCUT2D eigenvalue weighted by Gasteiger charge is -2.32. The van der Waals surface area contributed by atoms with Crippen LogP contribution in [0.1, 0.15) is 12.8 Å². The van der Waals surface area contributed by atoms with Crippen molar-refractivity contribution in [1.29, 1.82) is 0 Å². The summed E-state index contributed by atoms with van der Waals surface area (Å²) in [7, 11) is 1.84. The number of rotatable bonds is 6. The van der Waals surface area contributed by atoms with E-state index >= 15 is 0 Å². The first-order valence-corrected chi connectivity index (χ1v) is 8.86. The summed E-state index contributed by atoms with van der Waals surface area (Å²) in [4.78, 5) is 22.2. The van der Waals surface area contributed by atoms with Crippen molar-refractivity contribution in [3.05, 3.63) is 36.3 Å². The molecule has 2 aromatic heterocycles. The van der Waals surface area contributed by atoms with Gasteiger partial charge in [0.05, 0.1) is 18.1 Å². The second kappa shape index (κ2) is 8.18. The van der Waals surface area contributed by atoms with Crippen molar-refractivity contribution in [2.24, 2.45) is 13.0 Å². The molecule has 2 aromatic rings. The van der Waals surface area contributed by atoms with Crippen LogP contribution in [0.3, 0.4) is 0 Å². The topological polar surface area (TPSA) is 88.0 Å². The zero-order chi connectivity index (χ0) is 18.5. The molecule has 26 heavy (non-hydrogen) atoms. The molecule has 0 spiro atoms. The van der Waals surface area contributed by atoms with Crippen LogP contribution in [0, 0.1) is 5.92 Å². The summed E-state index contributed by atoms with van der Waals surface area (Å²) in [6.45, 7) is 5.74. The summed E-state index contributed by atoms with van der Waals surface area (Å²) in [5.41, 5.74) is 0.798. The van der Waals surface area contributed by atoms with Crippen LogP contribution in [-0.4, -0.2) is 50.2 Å². The quantitative estimate of drug-likeness (QED) is 0.754. The molecule has 0 radical (unpaired) electrons. The maximum absolute atomic E-state index is 11.8. The van der Waals surface area contributed by atoms with E-state index in [1.165, 1.54) is 6.08 Å². The standard InChI is InChI=1S/C17H22ClN7O/c1-3-15(26)25-6-4-5-12(10-25)7-19-16-14(18)9-20-17(23-16)22-13-8-21-24(2)11-13/h3,8-9,11-12H,1,4-7,10H2,2H3,(H2,19,20,22,23)/t12-/m0/s1. The SMILES string of the molecule is C=CC(=O)N1CCC[C@@H](CNc2nc(Nc3cnn(C)c3)ncc2Cl)C1. The normalized spacial score (nSPS) is 17.0. The summed E-state index contributed by atoms with van der Waals surface area (Å²) >= 11 is 6.21. The molecule has 1 amide bonds. The van der Waals surface area contributed by atoms with Crippen molar-refractivity contribution < 1.29 is 4.79 Å². The molecule has 3 rings (SSSR count). The molecule has 9 heteroatoms. The van der Waals surface area contributed by atoms with E-state index in [0.29, 0.717) is 35.8 Å². The highest BCUT2D eigenvalue weighted by molar-refractivity contribution is 6.32. The van der Waals surface area contributed by atoms with Gasteiger partial charge in [0.15, 0.2) is 5.82 Å². The molecule has 1 fully saturated rings. The fraction of sp³-hybridized carbons (Fsp3) is 0.412. The number of amides is 1. The van der Waals surface area contributed by atoms with Crippen molar-refractivity contribution >= 4 is 35.0 Å². The molecule has 1 aliphatic rings. The van der Waals surface area contributed by atoms with Crippen LogP contribution in [0.2, 0.25) is 5.02 Å². The third kappa shape index (κ3) is 4.51. The van der Waals surface area contributed by atoms with Gasteiger partial charge in [-0.2, -0.15) is 10.1 Å². The highest BCUT2D eigenvalue weighted by Gasteiger charge is 2.22. The Morgan fingerprint density at radius 2 is 2.35 bits per heavy atom. The predicted octanol–water partition coefficient (Wildman–Crippen LogP) is 2.44. The van der Waals surface area contributed by atoms with Gasteiger partial charge in [0.2, 0.25) is 11.9 Å². The lowest BCUT2D eigenvalue weighted by molar-refractivity contribution is -0.127. The van der Waals surface area contributed by atoms with Gasteiger partial charge >= 0.3 is 0 Å². The van der Waals surface area contributed by atoms with E-state index in [0.717, 1.165) is 25.1 Å². The molecule has 0 bridgehead atoms. The molecule has 1 atom stereocenters. The number of aromatic nitrogens is 4. The van der Waals surface area contributed by atoms with E-state index in [1.54, 1.807) is 17.1 Å². The van der Waals surface area contributed by atoms with E-state index in [9.17, 15) is 4.79 Å². The van der Waals surface area contributed by atoms with E-state index in [4.69, 9.17) is 11.6 Å². The largest absolute Gasteiger partial charge is 0.368 e. The lowest BCUT2D eigenvalue weighted by atomic mass is 9.98. The smallest absolute Gasteiger partial charge is 0.245 e. The van der Waals surface area contributed by atoms with Crippen LogP contribution in [0.4, 0.5) is 17.5 Å². The first-order valence-electron chi connectivity index (χ1n) is 8.48. The Hall–Kier alpha value is -2.61. The number of carbonyl (C=O) groups excluding carboxylic acids is 1. The number of piperidine rings is 1. The average Bonchev–Trinajstić information content (AvgIpc) is 3.06. The van der Waals surface area contributed by atoms with Crippen LogP contribution in [0.5, 0.6) is 0 Å². The molecule has 0 unspecified atom stereocenters. The van der Waals surface area contributed by atoms with Crippen molar-refractivity contribution in [3.8, 4) is 0 Å². The maximum Gasteiger partial charge on any atom is 0.245 e. The molecule has 0 aliphatic carbocycles. The lowest BCUT2D eigenvalue weighted by Crippen LogP contribution is -2.41. The fourth-order valence-corrected chi connectivity index (χ4v) is 3.13. The van der Waals surface area contributed by atoms with Crippen molar-refractivity contribution in [1.82, 2.24) is 24.6 Å². The molecule has 0 aromatic carbocycles. The van der Waals surface area contributed by atoms with Crippen molar-refractivity contribution in [2.75, 3.05) is 30.3 Å². The number of carbonyl (C=O) groups is 1. The number of hydrogen-bond acceptors (Lipinski definition) is 6.